The molecule has 1 unspecified atom stereocenters. The molecule has 10 nitrogen and oxygen atoms in total. The Hall–Kier alpha value is -4.46. The van der Waals surface area contributed by atoms with Crippen LogP contribution in [0.3, 0.4) is 0 Å². The van der Waals surface area contributed by atoms with Gasteiger partial charge in [-0.2, -0.15) is 18.0 Å². The number of para-hydroxylation sites is 1. The van der Waals surface area contributed by atoms with Crippen LogP contribution in [0.2, 0.25) is 0 Å². The van der Waals surface area contributed by atoms with Crippen molar-refractivity contribution >= 4 is 27.4 Å². The van der Waals surface area contributed by atoms with Crippen LogP contribution in [-0.4, -0.2) is 51.5 Å². The number of anilines is 2. The van der Waals surface area contributed by atoms with E-state index in [1.807, 2.05) is 6.92 Å². The number of aryl methyl sites for hydroxylation is 1. The van der Waals surface area contributed by atoms with Gasteiger partial charge in [-0.25, -0.2) is 17.5 Å². The summed E-state index contributed by atoms with van der Waals surface area (Å²) in [5, 5.41) is 18.1. The Kier molecular flexibility index (Phi) is 6.72. The van der Waals surface area contributed by atoms with Crippen molar-refractivity contribution in [2.24, 2.45) is 0 Å². The van der Waals surface area contributed by atoms with Crippen molar-refractivity contribution in [1.29, 1.82) is 0 Å². The molecule has 1 atom stereocenters. The molecule has 14 heteroatoms. The van der Waals surface area contributed by atoms with Crippen LogP contribution < -0.4 is 10.6 Å². The highest BCUT2D eigenvalue weighted by atomic mass is 32.2. The largest absolute Gasteiger partial charge is 0.416 e. The van der Waals surface area contributed by atoms with Gasteiger partial charge in [-0.3, -0.25) is 0 Å². The predicted octanol–water partition coefficient (Wildman–Crippen LogP) is 4.19. The Balaban J connectivity index is 1.36. The van der Waals surface area contributed by atoms with Gasteiger partial charge in [-0.1, -0.05) is 29.8 Å². The number of alkyl halides is 3. The van der Waals surface area contributed by atoms with E-state index in [0.717, 1.165) is 22.0 Å². The van der Waals surface area contributed by atoms with Crippen LogP contribution in [-0.2, 0) is 22.7 Å². The van der Waals surface area contributed by atoms with Gasteiger partial charge in [0.1, 0.15) is 0 Å². The molecule has 0 saturated carbocycles. The van der Waals surface area contributed by atoms with Crippen LogP contribution in [0.15, 0.2) is 77.7 Å². The minimum Gasteiger partial charge on any atom is -0.355 e. The monoisotopic (exact) mass is 557 g/mol. The number of carbonyl (C=O) groups excluding carboxylic acids is 1. The molecule has 1 saturated heterocycles. The molecule has 0 spiro atoms. The van der Waals surface area contributed by atoms with Crippen LogP contribution in [0.25, 0.3) is 11.4 Å². The third-order valence-corrected chi connectivity index (χ3v) is 7.93. The molecule has 2 amide bonds. The zero-order chi connectivity index (χ0) is 27.8. The first-order valence-corrected chi connectivity index (χ1v) is 13.2. The van der Waals surface area contributed by atoms with Gasteiger partial charge in [0, 0.05) is 23.5 Å². The Bertz CT molecular complexity index is 1610. The number of nitrogens with one attached hydrogen (secondary N) is 2. The topological polar surface area (TPSA) is 122 Å². The predicted molar refractivity (Wildman–Crippen MR) is 135 cm³/mol. The zero-order valence-corrected chi connectivity index (χ0v) is 21.2. The molecule has 2 N–H and O–H groups in total. The molecule has 5 rings (SSSR count). The number of halogens is 3. The second kappa shape index (κ2) is 10.0. The number of hydrogen-bond donors (Lipinski definition) is 2. The SMILES string of the molecule is Cc1ccc(S(=O)(=O)N2C(=O)NCC2Cn2nnc(-c3ccccc3Nc3ccc(C(F)(F)F)cc3)n2)cc1. The zero-order valence-electron chi connectivity index (χ0n) is 20.4. The molecule has 1 aliphatic heterocycles. The van der Waals surface area contributed by atoms with E-state index in [4.69, 9.17) is 0 Å². The summed E-state index contributed by atoms with van der Waals surface area (Å²) in [5.74, 6) is 0.204. The minimum atomic E-state index is -4.44. The Morgan fingerprint density at radius 3 is 2.41 bits per heavy atom. The first-order valence-electron chi connectivity index (χ1n) is 11.7. The summed E-state index contributed by atoms with van der Waals surface area (Å²) in [6.07, 6.45) is -4.44. The summed E-state index contributed by atoms with van der Waals surface area (Å²) < 4.78 is 65.9. The standard InChI is InChI=1S/C25H22F3N7O3S/c1-16-6-12-20(13-7-16)39(37,38)35-19(14-29-24(35)36)15-34-32-23(31-33-34)21-4-2-3-5-22(21)30-18-10-8-17(9-11-18)25(26,27)28/h2-13,19,30H,14-15H2,1H3,(H,29,36). The van der Waals surface area contributed by atoms with E-state index in [2.05, 4.69) is 26.0 Å². The fourth-order valence-corrected chi connectivity index (χ4v) is 5.63. The van der Waals surface area contributed by atoms with Crippen LogP contribution in [0.5, 0.6) is 0 Å². The van der Waals surface area contributed by atoms with Gasteiger partial charge >= 0.3 is 12.2 Å². The maximum Gasteiger partial charge on any atom is 0.416 e. The second-order valence-electron chi connectivity index (χ2n) is 8.87. The Morgan fingerprint density at radius 2 is 1.72 bits per heavy atom. The van der Waals surface area contributed by atoms with Crippen molar-refractivity contribution in [2.45, 2.75) is 30.6 Å². The molecular weight excluding hydrogens is 535 g/mol. The highest BCUT2D eigenvalue weighted by molar-refractivity contribution is 7.89. The van der Waals surface area contributed by atoms with E-state index < -0.39 is 33.8 Å². The molecule has 0 aliphatic carbocycles. The average molecular weight is 558 g/mol. The van der Waals surface area contributed by atoms with E-state index in [0.29, 0.717) is 16.9 Å². The normalized spacial score (nSPS) is 15.8. The van der Waals surface area contributed by atoms with Crippen molar-refractivity contribution in [3.05, 3.63) is 83.9 Å². The lowest BCUT2D eigenvalue weighted by molar-refractivity contribution is -0.137. The van der Waals surface area contributed by atoms with Crippen LogP contribution >= 0.6 is 0 Å². The molecule has 2 heterocycles. The summed E-state index contributed by atoms with van der Waals surface area (Å²) in [7, 11) is -4.12. The number of amides is 2. The highest BCUT2D eigenvalue weighted by Crippen LogP contribution is 2.32. The number of hydrogen-bond acceptors (Lipinski definition) is 7. The molecule has 1 fully saturated rings. The van der Waals surface area contributed by atoms with E-state index in [-0.39, 0.29) is 23.8 Å². The first-order chi connectivity index (χ1) is 18.5. The first kappa shape index (κ1) is 26.2. The number of rotatable bonds is 7. The maximum absolute atomic E-state index is 13.2. The minimum absolute atomic E-state index is 0.00865. The van der Waals surface area contributed by atoms with Gasteiger partial charge in [0.2, 0.25) is 5.82 Å². The average Bonchev–Trinajstić information content (AvgIpc) is 3.51. The number of nitrogens with zero attached hydrogens (tertiary/aromatic N) is 5. The third-order valence-electron chi connectivity index (χ3n) is 6.08. The van der Waals surface area contributed by atoms with Crippen LogP contribution in [0, 0.1) is 6.92 Å². The van der Waals surface area contributed by atoms with Crippen molar-refractivity contribution in [2.75, 3.05) is 11.9 Å². The van der Waals surface area contributed by atoms with E-state index in [1.165, 1.54) is 29.1 Å². The lowest BCUT2D eigenvalue weighted by Gasteiger charge is -2.22. The third kappa shape index (κ3) is 5.41. The molecule has 1 aliphatic rings. The fourth-order valence-electron chi connectivity index (χ4n) is 4.10. The number of aromatic nitrogens is 4. The molecular formula is C25H22F3N7O3S. The number of tetrazole rings is 1. The van der Waals surface area contributed by atoms with Crippen molar-refractivity contribution < 1.29 is 26.4 Å². The second-order valence-corrected chi connectivity index (χ2v) is 10.7. The molecule has 0 radical (unpaired) electrons. The highest BCUT2D eigenvalue weighted by Gasteiger charge is 2.41. The summed E-state index contributed by atoms with van der Waals surface area (Å²) in [5.41, 5.74) is 1.59. The van der Waals surface area contributed by atoms with Gasteiger partial charge < -0.3 is 10.6 Å². The summed E-state index contributed by atoms with van der Waals surface area (Å²) in [6.45, 7) is 1.84. The van der Waals surface area contributed by atoms with E-state index in [9.17, 15) is 26.4 Å². The molecule has 3 aromatic carbocycles. The van der Waals surface area contributed by atoms with Crippen LogP contribution in [0.4, 0.5) is 29.3 Å². The number of sulfonamides is 1. The molecule has 4 aromatic rings. The Labute approximate surface area is 221 Å². The molecule has 39 heavy (non-hydrogen) atoms. The molecule has 202 valence electrons. The van der Waals surface area contributed by atoms with Gasteiger partial charge in [-0.05, 0) is 60.7 Å². The van der Waals surface area contributed by atoms with Crippen molar-refractivity contribution in [3.63, 3.8) is 0 Å². The van der Waals surface area contributed by atoms with Gasteiger partial charge in [-0.15, -0.1) is 10.2 Å². The summed E-state index contributed by atoms with van der Waals surface area (Å²) >= 11 is 0. The smallest absolute Gasteiger partial charge is 0.355 e. The quantitative estimate of drug-likeness (QED) is 0.349. The number of urea groups is 1. The number of carbonyl (C=O) groups is 1. The summed E-state index contributed by atoms with van der Waals surface area (Å²) in [4.78, 5) is 13.7. The lowest BCUT2D eigenvalue weighted by Crippen LogP contribution is -2.42. The Morgan fingerprint density at radius 1 is 1.03 bits per heavy atom. The van der Waals surface area contributed by atoms with Gasteiger partial charge in [0.15, 0.2) is 0 Å². The lowest BCUT2D eigenvalue weighted by atomic mass is 10.1. The van der Waals surface area contributed by atoms with E-state index in [1.54, 1.807) is 36.4 Å². The van der Waals surface area contributed by atoms with E-state index >= 15 is 0 Å². The fraction of sp³-hybridized carbons (Fsp3) is 0.200. The number of benzene rings is 3. The molecule has 1 aromatic heterocycles. The van der Waals surface area contributed by atoms with Gasteiger partial charge in [0.05, 0.1) is 23.0 Å². The van der Waals surface area contributed by atoms with Crippen molar-refractivity contribution in [3.8, 4) is 11.4 Å². The van der Waals surface area contributed by atoms with Gasteiger partial charge in [0.25, 0.3) is 10.0 Å². The summed E-state index contributed by atoms with van der Waals surface area (Å²) in [6, 6.07) is 16.1. The van der Waals surface area contributed by atoms with Crippen molar-refractivity contribution in [1.82, 2.24) is 29.8 Å². The molecule has 0 bridgehead atoms. The maximum atomic E-state index is 13.2. The van der Waals surface area contributed by atoms with Crippen LogP contribution in [0.1, 0.15) is 11.1 Å².